The number of nitrogen functional groups attached to an aromatic ring is 1. The molecule has 5 heterocycles. The predicted octanol–water partition coefficient (Wildman–Crippen LogP) is 4.37. The number of imidazole rings is 1. The van der Waals surface area contributed by atoms with Crippen molar-refractivity contribution < 1.29 is 31.1 Å². The van der Waals surface area contributed by atoms with Crippen LogP contribution in [0.25, 0.3) is 11.3 Å². The smallest absolute Gasteiger partial charge is 0.433 e. The fraction of sp³-hybridized carbons (Fsp3) is 0.520. The van der Waals surface area contributed by atoms with E-state index in [0.717, 1.165) is 50.5 Å². The van der Waals surface area contributed by atoms with E-state index in [0.29, 0.717) is 43.7 Å². The SMILES string of the molecule is Nc1ncnc(N2CCC(c3nc(-c4ccnc(C(F)(F)F)c4)cn3CCN3CCC3)CC2)c1OC(F)C(F)F. The van der Waals surface area contributed by atoms with Crippen LogP contribution in [0.15, 0.2) is 30.9 Å². The highest BCUT2D eigenvalue weighted by atomic mass is 19.4. The molecule has 0 bridgehead atoms. The average Bonchev–Trinajstić information content (AvgIpc) is 3.33. The predicted molar refractivity (Wildman–Crippen MR) is 134 cm³/mol. The van der Waals surface area contributed by atoms with Crippen LogP contribution in [0.5, 0.6) is 5.75 Å². The molecule has 3 aromatic heterocycles. The summed E-state index contributed by atoms with van der Waals surface area (Å²) in [5.74, 6) is 0.236. The molecule has 5 rings (SSSR count). The average molecular weight is 571 g/mol. The Hall–Kier alpha value is -3.62. The van der Waals surface area contributed by atoms with Gasteiger partial charge in [0.25, 0.3) is 6.36 Å². The molecule has 0 radical (unpaired) electrons. The Kier molecular flexibility index (Phi) is 8.01. The van der Waals surface area contributed by atoms with Gasteiger partial charge in [-0.15, -0.1) is 0 Å². The Morgan fingerprint density at radius 1 is 1.02 bits per heavy atom. The standard InChI is InChI=1S/C25H28F6N8O/c26-20(27)21(28)40-19-22(32)34-14-35-24(19)38-8-3-15(4-9-38)23-36-17(13-39(23)11-10-37-6-1-7-37)16-2-5-33-18(12-16)25(29,30)31/h2,5,12-15,20-21H,1,3-4,6-11H2,(H2,32,34,35). The number of hydrogen-bond donors (Lipinski definition) is 1. The number of nitrogens with zero attached hydrogens (tertiary/aromatic N) is 7. The molecular weight excluding hydrogens is 542 g/mol. The number of likely N-dealkylation sites (tertiary alicyclic amines) is 1. The maximum atomic E-state index is 13.7. The van der Waals surface area contributed by atoms with E-state index in [1.54, 1.807) is 11.1 Å². The first-order valence-electron chi connectivity index (χ1n) is 12.9. The Bertz CT molecular complexity index is 1310. The van der Waals surface area contributed by atoms with Crippen LogP contribution < -0.4 is 15.4 Å². The van der Waals surface area contributed by atoms with Crippen LogP contribution in [0.1, 0.15) is 36.7 Å². The fourth-order valence-electron chi connectivity index (χ4n) is 4.90. The number of anilines is 2. The van der Waals surface area contributed by atoms with Gasteiger partial charge in [0.2, 0.25) is 5.75 Å². The largest absolute Gasteiger partial charge is 0.447 e. The second kappa shape index (κ2) is 11.5. The van der Waals surface area contributed by atoms with Crippen molar-refractivity contribution in [1.82, 2.24) is 29.4 Å². The third-order valence-electron chi connectivity index (χ3n) is 7.16. The number of pyridine rings is 1. The summed E-state index contributed by atoms with van der Waals surface area (Å²) in [6.07, 6.45) is -4.49. The van der Waals surface area contributed by atoms with Crippen molar-refractivity contribution in [1.29, 1.82) is 0 Å². The van der Waals surface area contributed by atoms with E-state index in [2.05, 4.69) is 19.9 Å². The van der Waals surface area contributed by atoms with Gasteiger partial charge in [0.05, 0.1) is 5.69 Å². The first-order chi connectivity index (χ1) is 19.1. The van der Waals surface area contributed by atoms with Crippen LogP contribution in [0.4, 0.5) is 38.0 Å². The number of nitrogens with two attached hydrogens (primary N) is 1. The molecule has 0 aliphatic carbocycles. The molecule has 2 fully saturated rings. The number of piperidine rings is 1. The van der Waals surface area contributed by atoms with Crippen molar-refractivity contribution in [3.05, 3.63) is 42.4 Å². The molecule has 1 unspecified atom stereocenters. The van der Waals surface area contributed by atoms with Crippen molar-refractivity contribution in [3.63, 3.8) is 0 Å². The van der Waals surface area contributed by atoms with Crippen molar-refractivity contribution >= 4 is 11.6 Å². The Balaban J connectivity index is 1.36. The molecule has 1 atom stereocenters. The summed E-state index contributed by atoms with van der Waals surface area (Å²) < 4.78 is 85.8. The summed E-state index contributed by atoms with van der Waals surface area (Å²) in [7, 11) is 0. The molecule has 3 aromatic rings. The molecule has 0 amide bonds. The maximum Gasteiger partial charge on any atom is 0.433 e. The van der Waals surface area contributed by atoms with E-state index < -0.39 is 24.7 Å². The van der Waals surface area contributed by atoms with Crippen molar-refractivity contribution in [3.8, 4) is 17.0 Å². The first-order valence-corrected chi connectivity index (χ1v) is 12.9. The number of alkyl halides is 6. The van der Waals surface area contributed by atoms with E-state index in [1.807, 2.05) is 4.57 Å². The van der Waals surface area contributed by atoms with Crippen molar-refractivity contribution in [2.45, 2.75) is 50.7 Å². The lowest BCUT2D eigenvalue weighted by atomic mass is 9.95. The van der Waals surface area contributed by atoms with Gasteiger partial charge in [0.15, 0.2) is 11.6 Å². The number of ether oxygens (including phenoxy) is 1. The highest BCUT2D eigenvalue weighted by molar-refractivity contribution is 5.63. The molecule has 15 heteroatoms. The van der Waals surface area contributed by atoms with Gasteiger partial charge in [-0.1, -0.05) is 0 Å². The maximum absolute atomic E-state index is 13.7. The molecule has 2 saturated heterocycles. The van der Waals surface area contributed by atoms with E-state index in [4.69, 9.17) is 15.5 Å². The zero-order valence-corrected chi connectivity index (χ0v) is 21.4. The number of aromatic nitrogens is 5. The second-order valence-corrected chi connectivity index (χ2v) is 9.78. The zero-order valence-electron chi connectivity index (χ0n) is 21.4. The lowest BCUT2D eigenvalue weighted by Crippen LogP contribution is -2.39. The van der Waals surface area contributed by atoms with Crippen LogP contribution in [0.2, 0.25) is 0 Å². The normalized spacial score (nSPS) is 17.7. The summed E-state index contributed by atoms with van der Waals surface area (Å²) in [6.45, 7) is 4.25. The van der Waals surface area contributed by atoms with Gasteiger partial charge in [0, 0.05) is 50.1 Å². The molecule has 0 spiro atoms. The lowest BCUT2D eigenvalue weighted by molar-refractivity contribution is -0.141. The summed E-state index contributed by atoms with van der Waals surface area (Å²) in [5, 5.41) is 0. The number of halogens is 6. The van der Waals surface area contributed by atoms with Crippen LogP contribution >= 0.6 is 0 Å². The van der Waals surface area contributed by atoms with Crippen molar-refractivity contribution in [2.75, 3.05) is 43.4 Å². The molecule has 2 N–H and O–H groups in total. The molecule has 2 aliphatic heterocycles. The van der Waals surface area contributed by atoms with Gasteiger partial charge in [-0.25, -0.2) is 23.7 Å². The Labute approximate surface area is 226 Å². The molecule has 2 aliphatic rings. The minimum Gasteiger partial charge on any atom is -0.447 e. The van der Waals surface area contributed by atoms with Gasteiger partial charge in [0.1, 0.15) is 17.8 Å². The molecule has 0 aromatic carbocycles. The third kappa shape index (κ3) is 6.08. The lowest BCUT2D eigenvalue weighted by Gasteiger charge is -2.34. The second-order valence-electron chi connectivity index (χ2n) is 9.78. The number of rotatable bonds is 9. The van der Waals surface area contributed by atoms with E-state index in [1.165, 1.54) is 6.07 Å². The first kappa shape index (κ1) is 27.9. The topological polar surface area (TPSA) is 98.2 Å². The number of hydrogen-bond acceptors (Lipinski definition) is 8. The van der Waals surface area contributed by atoms with Gasteiger partial charge >= 0.3 is 12.6 Å². The van der Waals surface area contributed by atoms with Gasteiger partial charge in [-0.05, 0) is 44.5 Å². The summed E-state index contributed by atoms with van der Waals surface area (Å²) in [6, 6.07) is 2.50. The highest BCUT2D eigenvalue weighted by Gasteiger charge is 2.34. The van der Waals surface area contributed by atoms with Crippen LogP contribution in [-0.2, 0) is 12.7 Å². The fourth-order valence-corrected chi connectivity index (χ4v) is 4.90. The Morgan fingerprint density at radius 3 is 2.42 bits per heavy atom. The summed E-state index contributed by atoms with van der Waals surface area (Å²) in [5.41, 5.74) is 5.54. The van der Waals surface area contributed by atoms with Gasteiger partial charge in [-0.3, -0.25) is 4.98 Å². The molecule has 216 valence electrons. The van der Waals surface area contributed by atoms with Gasteiger partial charge in [-0.2, -0.15) is 17.6 Å². The zero-order chi connectivity index (χ0) is 28.4. The monoisotopic (exact) mass is 570 g/mol. The molecule has 40 heavy (non-hydrogen) atoms. The van der Waals surface area contributed by atoms with E-state index >= 15 is 0 Å². The van der Waals surface area contributed by atoms with Gasteiger partial charge < -0.3 is 24.8 Å². The minimum absolute atomic E-state index is 0.0381. The summed E-state index contributed by atoms with van der Waals surface area (Å²) >= 11 is 0. The Morgan fingerprint density at radius 2 is 1.77 bits per heavy atom. The highest BCUT2D eigenvalue weighted by Crippen LogP contribution is 2.37. The van der Waals surface area contributed by atoms with Crippen LogP contribution in [0.3, 0.4) is 0 Å². The van der Waals surface area contributed by atoms with Crippen LogP contribution in [-0.4, -0.2) is 74.9 Å². The molecule has 9 nitrogen and oxygen atoms in total. The summed E-state index contributed by atoms with van der Waals surface area (Å²) in [4.78, 5) is 20.1. The quantitative estimate of drug-likeness (QED) is 0.379. The molecular formula is C25H28F6N8O. The molecule has 0 saturated carbocycles. The van der Waals surface area contributed by atoms with E-state index in [9.17, 15) is 26.3 Å². The van der Waals surface area contributed by atoms with E-state index in [-0.39, 0.29) is 23.3 Å². The van der Waals surface area contributed by atoms with Crippen molar-refractivity contribution in [2.24, 2.45) is 0 Å². The third-order valence-corrected chi connectivity index (χ3v) is 7.16. The minimum atomic E-state index is -4.57. The van der Waals surface area contributed by atoms with Crippen LogP contribution in [0, 0.1) is 0 Å².